The standard InChI is InChI=1S/C19H32O6/c1-3-7-13-15(24-13)11-19(18(22)23,10-6-5-9-17(20)21)12-16-14(25-16)8-4-2/h13-16H,3-12H2,1-2H3,(H,20,21)(H,22,23). The maximum atomic E-state index is 12.2. The summed E-state index contributed by atoms with van der Waals surface area (Å²) in [5.74, 6) is -1.62. The Morgan fingerprint density at radius 2 is 1.40 bits per heavy atom. The quantitative estimate of drug-likeness (QED) is 0.364. The van der Waals surface area contributed by atoms with Gasteiger partial charge in [-0.3, -0.25) is 9.59 Å². The fraction of sp³-hybridized carbons (Fsp3) is 0.895. The molecule has 2 fully saturated rings. The van der Waals surface area contributed by atoms with Crippen molar-refractivity contribution in [2.45, 2.75) is 102 Å². The second-order valence-corrected chi connectivity index (χ2v) is 7.60. The second-order valence-electron chi connectivity index (χ2n) is 7.60. The van der Waals surface area contributed by atoms with E-state index in [4.69, 9.17) is 14.6 Å². The molecule has 0 aromatic heterocycles. The van der Waals surface area contributed by atoms with Crippen molar-refractivity contribution in [2.24, 2.45) is 5.41 Å². The first-order valence-electron chi connectivity index (χ1n) is 9.68. The number of hydrogen-bond acceptors (Lipinski definition) is 4. The Kier molecular flexibility index (Phi) is 7.25. The Morgan fingerprint density at radius 3 is 1.80 bits per heavy atom. The normalized spacial score (nSPS) is 29.8. The molecule has 6 heteroatoms. The number of aliphatic carboxylic acids is 2. The summed E-state index contributed by atoms with van der Waals surface area (Å²) in [7, 11) is 0. The lowest BCUT2D eigenvalue weighted by molar-refractivity contribution is -0.151. The third-order valence-corrected chi connectivity index (χ3v) is 5.46. The smallest absolute Gasteiger partial charge is 0.309 e. The molecule has 2 aliphatic rings. The zero-order valence-corrected chi connectivity index (χ0v) is 15.4. The summed E-state index contributed by atoms with van der Waals surface area (Å²) in [4.78, 5) is 22.9. The van der Waals surface area contributed by atoms with Crippen molar-refractivity contribution in [3.8, 4) is 0 Å². The Hall–Kier alpha value is -1.14. The highest BCUT2D eigenvalue weighted by atomic mass is 16.6. The van der Waals surface area contributed by atoms with Crippen LogP contribution in [0.25, 0.3) is 0 Å². The van der Waals surface area contributed by atoms with Crippen LogP contribution in [-0.2, 0) is 19.1 Å². The third-order valence-electron chi connectivity index (χ3n) is 5.46. The SMILES string of the molecule is CCCC1OC1CC(CCCCC(=O)O)(CC1OC1CCC)C(=O)O. The van der Waals surface area contributed by atoms with E-state index >= 15 is 0 Å². The van der Waals surface area contributed by atoms with Crippen LogP contribution >= 0.6 is 0 Å². The van der Waals surface area contributed by atoms with Crippen molar-refractivity contribution in [3.05, 3.63) is 0 Å². The summed E-state index contributed by atoms with van der Waals surface area (Å²) in [5, 5.41) is 18.8. The number of ether oxygens (including phenoxy) is 2. The van der Waals surface area contributed by atoms with Gasteiger partial charge in [-0.15, -0.1) is 0 Å². The summed E-state index contributed by atoms with van der Waals surface area (Å²) in [6.07, 6.45) is 7.16. The molecule has 0 saturated carbocycles. The molecule has 4 atom stereocenters. The van der Waals surface area contributed by atoms with Crippen LogP contribution < -0.4 is 0 Å². The van der Waals surface area contributed by atoms with Gasteiger partial charge in [0.1, 0.15) is 0 Å². The molecule has 0 radical (unpaired) electrons. The molecule has 4 unspecified atom stereocenters. The van der Waals surface area contributed by atoms with Gasteiger partial charge in [0.2, 0.25) is 0 Å². The minimum atomic E-state index is -0.862. The molecule has 144 valence electrons. The molecular weight excluding hydrogens is 324 g/mol. The molecule has 2 aliphatic heterocycles. The molecular formula is C19H32O6. The summed E-state index contributed by atoms with van der Waals surface area (Å²) in [5.41, 5.74) is -0.862. The molecule has 0 amide bonds. The largest absolute Gasteiger partial charge is 0.481 e. The van der Waals surface area contributed by atoms with Crippen LogP contribution in [0.3, 0.4) is 0 Å². The first-order chi connectivity index (χ1) is 11.9. The molecule has 0 aromatic carbocycles. The van der Waals surface area contributed by atoms with Crippen molar-refractivity contribution < 1.29 is 29.3 Å². The number of rotatable bonds is 14. The van der Waals surface area contributed by atoms with Gasteiger partial charge >= 0.3 is 11.9 Å². The lowest BCUT2D eigenvalue weighted by Gasteiger charge is -2.28. The number of epoxide rings is 2. The summed E-state index contributed by atoms with van der Waals surface area (Å²) in [6.45, 7) is 4.20. The first kappa shape index (κ1) is 20.2. The van der Waals surface area contributed by atoms with E-state index in [2.05, 4.69) is 13.8 Å². The average molecular weight is 356 g/mol. The van der Waals surface area contributed by atoms with Gasteiger partial charge in [-0.1, -0.05) is 33.1 Å². The maximum Gasteiger partial charge on any atom is 0.309 e. The molecule has 25 heavy (non-hydrogen) atoms. The van der Waals surface area contributed by atoms with Crippen molar-refractivity contribution >= 4 is 11.9 Å². The van der Waals surface area contributed by atoms with E-state index in [-0.39, 0.29) is 30.8 Å². The fourth-order valence-electron chi connectivity index (χ4n) is 3.87. The third kappa shape index (κ3) is 5.96. The summed E-state index contributed by atoms with van der Waals surface area (Å²) >= 11 is 0. The highest BCUT2D eigenvalue weighted by molar-refractivity contribution is 5.75. The number of hydrogen-bond donors (Lipinski definition) is 2. The van der Waals surface area contributed by atoms with Gasteiger partial charge in [0.25, 0.3) is 0 Å². The van der Waals surface area contributed by atoms with Crippen LogP contribution in [0.4, 0.5) is 0 Å². The minimum absolute atomic E-state index is 0.0268. The molecule has 2 heterocycles. The molecule has 6 nitrogen and oxygen atoms in total. The Balaban J connectivity index is 1.96. The zero-order chi connectivity index (χ0) is 18.4. The second kappa shape index (κ2) is 8.99. The molecule has 2 saturated heterocycles. The van der Waals surface area contributed by atoms with E-state index in [0.717, 1.165) is 25.7 Å². The lowest BCUT2D eigenvalue weighted by Crippen LogP contribution is -2.35. The Labute approximate surface area is 149 Å². The van der Waals surface area contributed by atoms with Gasteiger partial charge in [-0.05, 0) is 38.5 Å². The molecule has 2 rings (SSSR count). The van der Waals surface area contributed by atoms with Gasteiger partial charge in [0.15, 0.2) is 0 Å². The number of carbonyl (C=O) groups is 2. The Bertz CT molecular complexity index is 441. The summed E-state index contributed by atoms with van der Waals surface area (Å²) in [6, 6.07) is 0. The van der Waals surface area contributed by atoms with E-state index in [9.17, 15) is 14.7 Å². The van der Waals surface area contributed by atoms with E-state index in [1.807, 2.05) is 0 Å². The number of carboxylic acids is 2. The molecule has 2 N–H and O–H groups in total. The van der Waals surface area contributed by atoms with Crippen LogP contribution in [0.1, 0.15) is 78.1 Å². The molecule has 0 bridgehead atoms. The Morgan fingerprint density at radius 1 is 0.880 bits per heavy atom. The molecule has 0 aliphatic carbocycles. The van der Waals surface area contributed by atoms with Gasteiger partial charge < -0.3 is 19.7 Å². The van der Waals surface area contributed by atoms with Gasteiger partial charge in [0.05, 0.1) is 29.8 Å². The highest BCUT2D eigenvalue weighted by Gasteiger charge is 2.53. The van der Waals surface area contributed by atoms with Crippen LogP contribution in [0, 0.1) is 5.41 Å². The predicted molar refractivity (Wildman–Crippen MR) is 92.5 cm³/mol. The van der Waals surface area contributed by atoms with Gasteiger partial charge in [-0.2, -0.15) is 0 Å². The zero-order valence-electron chi connectivity index (χ0n) is 15.4. The van der Waals surface area contributed by atoms with E-state index in [0.29, 0.717) is 32.1 Å². The molecule has 0 spiro atoms. The van der Waals surface area contributed by atoms with E-state index in [1.54, 1.807) is 0 Å². The maximum absolute atomic E-state index is 12.2. The van der Waals surface area contributed by atoms with E-state index < -0.39 is 17.4 Å². The number of carboxylic acid groups (broad SMARTS) is 2. The van der Waals surface area contributed by atoms with Crippen molar-refractivity contribution in [1.82, 2.24) is 0 Å². The monoisotopic (exact) mass is 356 g/mol. The van der Waals surface area contributed by atoms with E-state index in [1.165, 1.54) is 0 Å². The number of unbranched alkanes of at least 4 members (excludes halogenated alkanes) is 1. The van der Waals surface area contributed by atoms with Crippen molar-refractivity contribution in [2.75, 3.05) is 0 Å². The highest BCUT2D eigenvalue weighted by Crippen LogP contribution is 2.47. The van der Waals surface area contributed by atoms with Crippen LogP contribution in [0.5, 0.6) is 0 Å². The van der Waals surface area contributed by atoms with Crippen LogP contribution in [0.2, 0.25) is 0 Å². The molecule has 0 aromatic rings. The van der Waals surface area contributed by atoms with Crippen LogP contribution in [-0.4, -0.2) is 46.6 Å². The predicted octanol–water partition coefficient (Wildman–Crippen LogP) is 3.62. The van der Waals surface area contributed by atoms with Crippen LogP contribution in [0.15, 0.2) is 0 Å². The average Bonchev–Trinajstić information content (AvgIpc) is 3.44. The topological polar surface area (TPSA) is 99.7 Å². The first-order valence-corrected chi connectivity index (χ1v) is 9.68. The van der Waals surface area contributed by atoms with Crippen molar-refractivity contribution in [1.29, 1.82) is 0 Å². The summed E-state index contributed by atoms with van der Waals surface area (Å²) < 4.78 is 11.4. The lowest BCUT2D eigenvalue weighted by atomic mass is 9.73. The van der Waals surface area contributed by atoms with Crippen molar-refractivity contribution in [3.63, 3.8) is 0 Å². The minimum Gasteiger partial charge on any atom is -0.481 e. The van der Waals surface area contributed by atoms with Gasteiger partial charge in [0, 0.05) is 6.42 Å². The fourth-order valence-corrected chi connectivity index (χ4v) is 3.87. The van der Waals surface area contributed by atoms with Gasteiger partial charge in [-0.25, -0.2) is 0 Å².